The van der Waals surface area contributed by atoms with E-state index >= 15 is 0 Å². The average Bonchev–Trinajstić information content (AvgIpc) is 3.10. The normalized spacial score (nSPS) is 21.9. The van der Waals surface area contributed by atoms with Gasteiger partial charge in [-0.05, 0) is 41.8 Å². The van der Waals surface area contributed by atoms with E-state index in [2.05, 4.69) is 40.6 Å². The van der Waals surface area contributed by atoms with E-state index in [0.717, 1.165) is 25.8 Å². The van der Waals surface area contributed by atoms with Crippen molar-refractivity contribution in [1.29, 1.82) is 0 Å². The van der Waals surface area contributed by atoms with Gasteiger partial charge in [0, 0.05) is 17.3 Å². The molecule has 0 radical (unpaired) electrons. The molecule has 1 atom stereocenters. The van der Waals surface area contributed by atoms with Crippen LogP contribution < -0.4 is 0 Å². The van der Waals surface area contributed by atoms with Crippen molar-refractivity contribution in [1.82, 2.24) is 4.90 Å². The Kier molecular flexibility index (Phi) is 4.21. The molecule has 2 aliphatic rings. The van der Waals surface area contributed by atoms with Crippen LogP contribution in [0.3, 0.4) is 0 Å². The Bertz CT molecular complexity index is 672. The van der Waals surface area contributed by atoms with Crippen molar-refractivity contribution in [2.75, 3.05) is 6.54 Å². The summed E-state index contributed by atoms with van der Waals surface area (Å²) in [6, 6.07) is 12.9. The predicted molar refractivity (Wildman–Crippen MR) is 94.6 cm³/mol. The van der Waals surface area contributed by atoms with Crippen molar-refractivity contribution < 1.29 is 4.79 Å². The van der Waals surface area contributed by atoms with E-state index in [-0.39, 0.29) is 12.0 Å². The molecule has 1 amide bonds. The summed E-state index contributed by atoms with van der Waals surface area (Å²) < 4.78 is 0. The third kappa shape index (κ3) is 2.83. The van der Waals surface area contributed by atoms with Gasteiger partial charge in [-0.15, -0.1) is 11.3 Å². The molecule has 1 saturated carbocycles. The topological polar surface area (TPSA) is 20.3 Å². The smallest absolute Gasteiger partial charge is 0.226 e. The molecule has 1 fully saturated rings. The Balaban J connectivity index is 1.69. The second-order valence-corrected chi connectivity index (χ2v) is 7.73. The Labute approximate surface area is 142 Å². The first-order chi connectivity index (χ1) is 11.3. The monoisotopic (exact) mass is 325 g/mol. The highest BCUT2D eigenvalue weighted by molar-refractivity contribution is 7.10. The quantitative estimate of drug-likeness (QED) is 0.776. The summed E-state index contributed by atoms with van der Waals surface area (Å²) in [6.45, 7) is 0.863. The number of amides is 1. The van der Waals surface area contributed by atoms with Crippen LogP contribution in [0.25, 0.3) is 0 Å². The fourth-order valence-corrected chi connectivity index (χ4v) is 5.04. The first-order valence-corrected chi connectivity index (χ1v) is 9.64. The zero-order valence-electron chi connectivity index (χ0n) is 13.4. The van der Waals surface area contributed by atoms with E-state index < -0.39 is 0 Å². The number of nitrogens with zero attached hydrogens (tertiary/aromatic N) is 1. The van der Waals surface area contributed by atoms with Crippen molar-refractivity contribution in [2.45, 2.75) is 44.6 Å². The van der Waals surface area contributed by atoms with Gasteiger partial charge in [-0.1, -0.05) is 49.6 Å². The Hall–Kier alpha value is -1.61. The summed E-state index contributed by atoms with van der Waals surface area (Å²) in [5, 5.41) is 2.18. The van der Waals surface area contributed by atoms with Gasteiger partial charge in [-0.25, -0.2) is 0 Å². The van der Waals surface area contributed by atoms with Crippen LogP contribution in [0.5, 0.6) is 0 Å². The molecule has 2 heterocycles. The van der Waals surface area contributed by atoms with Gasteiger partial charge in [0.15, 0.2) is 0 Å². The van der Waals surface area contributed by atoms with E-state index in [1.54, 1.807) is 0 Å². The van der Waals surface area contributed by atoms with Gasteiger partial charge in [0.05, 0.1) is 6.04 Å². The Morgan fingerprint density at radius 2 is 1.83 bits per heavy atom. The van der Waals surface area contributed by atoms with Gasteiger partial charge in [0.25, 0.3) is 0 Å². The maximum Gasteiger partial charge on any atom is 0.226 e. The molecule has 1 aromatic carbocycles. The van der Waals surface area contributed by atoms with Crippen LogP contribution in [-0.4, -0.2) is 17.4 Å². The second-order valence-electron chi connectivity index (χ2n) is 6.73. The standard InChI is InChI=1S/C20H23NOS/c22-20(16-9-5-2-6-10-16)21-13-11-18-17(12-14-23-18)19(21)15-7-3-1-4-8-15/h1,3-4,7-8,12,14,16,19H,2,5-6,9-11,13H2. The summed E-state index contributed by atoms with van der Waals surface area (Å²) >= 11 is 1.84. The van der Waals surface area contributed by atoms with Gasteiger partial charge < -0.3 is 4.90 Å². The highest BCUT2D eigenvalue weighted by Gasteiger charge is 2.35. The summed E-state index contributed by atoms with van der Waals surface area (Å²) in [5.74, 6) is 0.630. The number of fused-ring (bicyclic) bond motifs is 1. The van der Waals surface area contributed by atoms with Crippen LogP contribution in [0, 0.1) is 5.92 Å². The maximum absolute atomic E-state index is 13.2. The van der Waals surface area contributed by atoms with Crippen LogP contribution in [0.1, 0.15) is 54.1 Å². The van der Waals surface area contributed by atoms with Crippen LogP contribution in [0.4, 0.5) is 0 Å². The number of rotatable bonds is 2. The lowest BCUT2D eigenvalue weighted by Gasteiger charge is -2.39. The van der Waals surface area contributed by atoms with E-state index in [4.69, 9.17) is 0 Å². The number of carbonyl (C=O) groups is 1. The second kappa shape index (κ2) is 6.48. The highest BCUT2D eigenvalue weighted by atomic mass is 32.1. The molecule has 1 unspecified atom stereocenters. The van der Waals surface area contributed by atoms with Crippen molar-refractivity contribution in [3.63, 3.8) is 0 Å². The zero-order chi connectivity index (χ0) is 15.6. The van der Waals surface area contributed by atoms with Crippen molar-refractivity contribution in [3.8, 4) is 0 Å². The fraction of sp³-hybridized carbons (Fsp3) is 0.450. The van der Waals surface area contributed by atoms with Crippen molar-refractivity contribution in [3.05, 3.63) is 57.8 Å². The molecular formula is C20H23NOS. The average molecular weight is 325 g/mol. The minimum absolute atomic E-state index is 0.112. The minimum atomic E-state index is 0.112. The largest absolute Gasteiger partial charge is 0.331 e. The summed E-state index contributed by atoms with van der Waals surface area (Å²) in [4.78, 5) is 16.8. The molecule has 23 heavy (non-hydrogen) atoms. The molecule has 0 saturated heterocycles. The number of thiophene rings is 1. The molecule has 0 bridgehead atoms. The third-order valence-corrected chi connectivity index (χ3v) is 6.32. The van der Waals surface area contributed by atoms with Gasteiger partial charge in [0.1, 0.15) is 0 Å². The molecule has 1 aromatic heterocycles. The molecule has 0 N–H and O–H groups in total. The lowest BCUT2D eigenvalue weighted by molar-refractivity contribution is -0.138. The first kappa shape index (κ1) is 14.9. The number of hydrogen-bond acceptors (Lipinski definition) is 2. The Morgan fingerprint density at radius 3 is 2.61 bits per heavy atom. The lowest BCUT2D eigenvalue weighted by Crippen LogP contribution is -2.43. The zero-order valence-corrected chi connectivity index (χ0v) is 14.2. The molecule has 1 aliphatic carbocycles. The van der Waals surface area contributed by atoms with Gasteiger partial charge in [0.2, 0.25) is 5.91 Å². The molecular weight excluding hydrogens is 302 g/mol. The molecule has 2 nitrogen and oxygen atoms in total. The fourth-order valence-electron chi connectivity index (χ4n) is 4.13. The number of benzene rings is 1. The molecule has 0 spiro atoms. The Morgan fingerprint density at radius 1 is 1.04 bits per heavy atom. The van der Waals surface area contributed by atoms with Crippen molar-refractivity contribution in [2.24, 2.45) is 5.92 Å². The van der Waals surface area contributed by atoms with E-state index in [9.17, 15) is 4.79 Å². The molecule has 2 aromatic rings. The van der Waals surface area contributed by atoms with Gasteiger partial charge >= 0.3 is 0 Å². The van der Waals surface area contributed by atoms with Crippen LogP contribution >= 0.6 is 11.3 Å². The van der Waals surface area contributed by atoms with Gasteiger partial charge in [-0.2, -0.15) is 0 Å². The molecule has 4 rings (SSSR count). The lowest BCUT2D eigenvalue weighted by atomic mass is 9.86. The predicted octanol–water partition coefficient (Wildman–Crippen LogP) is 4.80. The van der Waals surface area contributed by atoms with E-state index in [1.807, 2.05) is 17.4 Å². The van der Waals surface area contributed by atoms with E-state index in [1.165, 1.54) is 35.3 Å². The number of hydrogen-bond donors (Lipinski definition) is 0. The molecule has 120 valence electrons. The minimum Gasteiger partial charge on any atom is -0.331 e. The van der Waals surface area contributed by atoms with Crippen LogP contribution in [-0.2, 0) is 11.2 Å². The van der Waals surface area contributed by atoms with Crippen molar-refractivity contribution >= 4 is 17.2 Å². The summed E-state index contributed by atoms with van der Waals surface area (Å²) in [5.41, 5.74) is 2.59. The molecule has 1 aliphatic heterocycles. The third-order valence-electron chi connectivity index (χ3n) is 5.32. The first-order valence-electron chi connectivity index (χ1n) is 8.76. The number of carbonyl (C=O) groups excluding carboxylic acids is 1. The maximum atomic E-state index is 13.2. The summed E-state index contributed by atoms with van der Waals surface area (Å²) in [6.07, 6.45) is 6.88. The van der Waals surface area contributed by atoms with Gasteiger partial charge in [-0.3, -0.25) is 4.79 Å². The van der Waals surface area contributed by atoms with E-state index in [0.29, 0.717) is 5.91 Å². The molecule has 3 heteroatoms. The summed E-state index contributed by atoms with van der Waals surface area (Å²) in [7, 11) is 0. The SMILES string of the molecule is O=C(C1CCCCC1)N1CCc2sccc2C1c1ccccc1. The highest BCUT2D eigenvalue weighted by Crippen LogP contribution is 2.39. The van der Waals surface area contributed by atoms with Crippen LogP contribution in [0.15, 0.2) is 41.8 Å². The van der Waals surface area contributed by atoms with Crippen LogP contribution in [0.2, 0.25) is 0 Å².